The van der Waals surface area contributed by atoms with Crippen LogP contribution < -0.4 is 10.3 Å². The zero-order chi connectivity index (χ0) is 19.5. The maximum absolute atomic E-state index is 13.2. The molecule has 0 amide bonds. The number of thioether (sulfide) groups is 1. The predicted molar refractivity (Wildman–Crippen MR) is 107 cm³/mol. The van der Waals surface area contributed by atoms with Gasteiger partial charge in [-0.15, -0.1) is 10.2 Å². The molecule has 0 bridgehead atoms. The Balaban J connectivity index is 1.81. The molecule has 0 aliphatic carbocycles. The van der Waals surface area contributed by atoms with Crippen molar-refractivity contribution in [1.82, 2.24) is 19.7 Å². The highest BCUT2D eigenvalue weighted by Crippen LogP contribution is 2.25. The van der Waals surface area contributed by atoms with E-state index in [0.717, 1.165) is 0 Å². The number of hydrogen-bond donors (Lipinski definition) is 0. The first kappa shape index (κ1) is 18.2. The zero-order valence-electron chi connectivity index (χ0n) is 15.5. The number of methoxy groups -OCH3 is 1. The topological polar surface area (TPSA) is 83.0 Å². The van der Waals surface area contributed by atoms with E-state index < -0.39 is 0 Å². The minimum absolute atomic E-state index is 0.138. The summed E-state index contributed by atoms with van der Waals surface area (Å²) in [5.74, 6) is 2.17. The molecule has 0 saturated carbocycles. The molecule has 2 aromatic carbocycles. The zero-order valence-corrected chi connectivity index (χ0v) is 16.3. The number of fused-ring (bicyclic) bond motifs is 1. The van der Waals surface area contributed by atoms with E-state index in [1.807, 2.05) is 49.4 Å². The summed E-state index contributed by atoms with van der Waals surface area (Å²) < 4.78 is 12.5. The first-order valence-electron chi connectivity index (χ1n) is 8.80. The average Bonchev–Trinajstić information content (AvgIpc) is 3.20. The van der Waals surface area contributed by atoms with Gasteiger partial charge in [-0.1, -0.05) is 36.9 Å². The highest BCUT2D eigenvalue weighted by molar-refractivity contribution is 7.98. The van der Waals surface area contributed by atoms with Crippen molar-refractivity contribution in [1.29, 1.82) is 0 Å². The van der Waals surface area contributed by atoms with Gasteiger partial charge in [0.15, 0.2) is 5.16 Å². The third-order valence-electron chi connectivity index (χ3n) is 4.19. The van der Waals surface area contributed by atoms with Gasteiger partial charge in [-0.05, 0) is 24.3 Å². The summed E-state index contributed by atoms with van der Waals surface area (Å²) in [6.45, 7) is 1.95. The molecule has 2 aromatic heterocycles. The van der Waals surface area contributed by atoms with Crippen LogP contribution in [0.3, 0.4) is 0 Å². The van der Waals surface area contributed by atoms with Gasteiger partial charge in [0.05, 0.1) is 29.5 Å². The standard InChI is InChI=1S/C20H18N4O3S/c1-3-17-22-23-18(27-17)12-28-20-21-16-10-5-4-9-15(16)19(25)24(20)13-7-6-8-14(11-13)26-2/h4-11H,3,12H2,1-2H3. The lowest BCUT2D eigenvalue weighted by Crippen LogP contribution is -2.21. The smallest absolute Gasteiger partial charge is 0.266 e. The van der Waals surface area contributed by atoms with E-state index in [1.165, 1.54) is 11.8 Å². The van der Waals surface area contributed by atoms with E-state index in [2.05, 4.69) is 10.2 Å². The van der Waals surface area contributed by atoms with Crippen molar-refractivity contribution in [2.24, 2.45) is 0 Å². The number of aromatic nitrogens is 4. The van der Waals surface area contributed by atoms with E-state index in [0.29, 0.717) is 51.5 Å². The second-order valence-corrected chi connectivity index (χ2v) is 6.93. The van der Waals surface area contributed by atoms with Gasteiger partial charge < -0.3 is 9.15 Å². The van der Waals surface area contributed by atoms with Gasteiger partial charge in [0, 0.05) is 12.5 Å². The molecule has 0 aliphatic heterocycles. The first-order valence-corrected chi connectivity index (χ1v) is 9.78. The summed E-state index contributed by atoms with van der Waals surface area (Å²) in [5, 5.41) is 9.13. The summed E-state index contributed by atoms with van der Waals surface area (Å²) >= 11 is 1.38. The maximum atomic E-state index is 13.2. The molecule has 0 N–H and O–H groups in total. The minimum atomic E-state index is -0.138. The van der Waals surface area contributed by atoms with E-state index in [4.69, 9.17) is 14.1 Å². The van der Waals surface area contributed by atoms with Crippen LogP contribution in [0.1, 0.15) is 18.7 Å². The van der Waals surface area contributed by atoms with Crippen LogP contribution in [0, 0.1) is 0 Å². The molecular weight excluding hydrogens is 376 g/mol. The Hall–Kier alpha value is -3.13. The second kappa shape index (κ2) is 7.85. The molecule has 4 rings (SSSR count). The molecule has 0 atom stereocenters. The lowest BCUT2D eigenvalue weighted by atomic mass is 10.2. The third-order valence-corrected chi connectivity index (χ3v) is 5.12. The van der Waals surface area contributed by atoms with Crippen molar-refractivity contribution in [3.05, 3.63) is 70.7 Å². The predicted octanol–water partition coefficient (Wildman–Crippen LogP) is 3.63. The average molecular weight is 394 g/mol. The van der Waals surface area contributed by atoms with Crippen molar-refractivity contribution in [2.45, 2.75) is 24.3 Å². The molecule has 0 saturated heterocycles. The first-order chi connectivity index (χ1) is 13.7. The van der Waals surface area contributed by atoms with Crippen LogP contribution in [0.15, 0.2) is 62.9 Å². The molecule has 142 valence electrons. The summed E-state index contributed by atoms with van der Waals surface area (Å²) in [4.78, 5) is 17.9. The lowest BCUT2D eigenvalue weighted by Gasteiger charge is -2.13. The van der Waals surface area contributed by atoms with Crippen LogP contribution in [-0.4, -0.2) is 26.9 Å². The van der Waals surface area contributed by atoms with E-state index in [-0.39, 0.29) is 5.56 Å². The fourth-order valence-corrected chi connectivity index (χ4v) is 3.65. The summed E-state index contributed by atoms with van der Waals surface area (Å²) in [6.07, 6.45) is 0.681. The number of nitrogens with zero attached hydrogens (tertiary/aromatic N) is 4. The highest BCUT2D eigenvalue weighted by atomic mass is 32.2. The largest absolute Gasteiger partial charge is 0.497 e. The molecule has 4 aromatic rings. The van der Waals surface area contributed by atoms with Crippen LogP contribution in [0.5, 0.6) is 5.75 Å². The molecule has 0 unspecified atom stereocenters. The highest BCUT2D eigenvalue weighted by Gasteiger charge is 2.15. The quantitative estimate of drug-likeness (QED) is 0.365. The van der Waals surface area contributed by atoms with Crippen molar-refractivity contribution < 1.29 is 9.15 Å². The number of rotatable bonds is 6. The number of benzene rings is 2. The van der Waals surface area contributed by atoms with Crippen LogP contribution in [0.25, 0.3) is 16.6 Å². The van der Waals surface area contributed by atoms with E-state index in [1.54, 1.807) is 17.7 Å². The Labute approximate surface area is 165 Å². The van der Waals surface area contributed by atoms with Gasteiger partial charge in [-0.3, -0.25) is 9.36 Å². The molecule has 0 fully saturated rings. The second-order valence-electron chi connectivity index (χ2n) is 5.99. The number of ether oxygens (including phenoxy) is 1. The molecule has 8 heteroatoms. The molecule has 0 spiro atoms. The molecule has 7 nitrogen and oxygen atoms in total. The Morgan fingerprint density at radius 3 is 2.71 bits per heavy atom. The number of hydrogen-bond acceptors (Lipinski definition) is 7. The molecule has 0 aliphatic rings. The van der Waals surface area contributed by atoms with Crippen LogP contribution in [0.2, 0.25) is 0 Å². The Bertz CT molecular complexity index is 1190. The fraction of sp³-hybridized carbons (Fsp3) is 0.200. The molecule has 2 heterocycles. The molecule has 0 radical (unpaired) electrons. The van der Waals surface area contributed by atoms with E-state index in [9.17, 15) is 4.79 Å². The van der Waals surface area contributed by atoms with E-state index >= 15 is 0 Å². The van der Waals surface area contributed by atoms with Gasteiger partial charge in [-0.25, -0.2) is 4.98 Å². The monoisotopic (exact) mass is 394 g/mol. The maximum Gasteiger partial charge on any atom is 0.266 e. The van der Waals surface area contributed by atoms with Crippen molar-refractivity contribution in [3.8, 4) is 11.4 Å². The van der Waals surface area contributed by atoms with Gasteiger partial charge >= 0.3 is 0 Å². The van der Waals surface area contributed by atoms with Gasteiger partial charge in [0.25, 0.3) is 5.56 Å². The van der Waals surface area contributed by atoms with Crippen molar-refractivity contribution >= 4 is 22.7 Å². The van der Waals surface area contributed by atoms with Crippen LogP contribution in [-0.2, 0) is 12.2 Å². The van der Waals surface area contributed by atoms with Crippen molar-refractivity contribution in [3.63, 3.8) is 0 Å². The van der Waals surface area contributed by atoms with Gasteiger partial charge in [0.2, 0.25) is 11.8 Å². The Morgan fingerprint density at radius 2 is 1.93 bits per heavy atom. The normalized spacial score (nSPS) is 11.1. The van der Waals surface area contributed by atoms with Crippen LogP contribution >= 0.6 is 11.8 Å². The Morgan fingerprint density at radius 1 is 1.11 bits per heavy atom. The van der Waals surface area contributed by atoms with Gasteiger partial charge in [0.1, 0.15) is 5.75 Å². The molecule has 28 heavy (non-hydrogen) atoms. The SMILES string of the molecule is CCc1nnc(CSc2nc3ccccc3c(=O)n2-c2cccc(OC)c2)o1. The molecular formula is C20H18N4O3S. The van der Waals surface area contributed by atoms with Crippen molar-refractivity contribution in [2.75, 3.05) is 7.11 Å². The Kier molecular flexibility index (Phi) is 5.12. The minimum Gasteiger partial charge on any atom is -0.497 e. The third kappa shape index (κ3) is 3.50. The number of para-hydroxylation sites is 1. The summed E-state index contributed by atoms with van der Waals surface area (Å²) in [6, 6.07) is 14.6. The number of aryl methyl sites for hydroxylation is 1. The summed E-state index contributed by atoms with van der Waals surface area (Å²) in [7, 11) is 1.59. The van der Waals surface area contributed by atoms with Crippen LogP contribution in [0.4, 0.5) is 0 Å². The lowest BCUT2D eigenvalue weighted by molar-refractivity contribution is 0.414. The van der Waals surface area contributed by atoms with Gasteiger partial charge in [-0.2, -0.15) is 0 Å². The summed E-state index contributed by atoms with van der Waals surface area (Å²) in [5.41, 5.74) is 1.19. The fourth-order valence-electron chi connectivity index (χ4n) is 2.80.